The van der Waals surface area contributed by atoms with Gasteiger partial charge in [-0.25, -0.2) is 10.9 Å². The van der Waals surface area contributed by atoms with Gasteiger partial charge in [0.25, 0.3) is 11.8 Å². The third kappa shape index (κ3) is 8.58. The van der Waals surface area contributed by atoms with Crippen LogP contribution >= 0.6 is 0 Å². The highest BCUT2D eigenvalue weighted by Crippen LogP contribution is 2.09. The van der Waals surface area contributed by atoms with Crippen LogP contribution in [0.2, 0.25) is 0 Å². The molecule has 3 rings (SSSR count). The number of hydrogen-bond donors (Lipinski definition) is 4. The Hall–Kier alpha value is -4.46. The maximum atomic E-state index is 11.9. The number of rotatable bonds is 10. The van der Waals surface area contributed by atoms with Crippen LogP contribution in [0.5, 0.6) is 0 Å². The summed E-state index contributed by atoms with van der Waals surface area (Å²) in [6.45, 7) is 4.24. The van der Waals surface area contributed by atoms with Crippen molar-refractivity contribution in [3.05, 3.63) is 95.1 Å². The van der Waals surface area contributed by atoms with Crippen molar-refractivity contribution in [2.75, 3.05) is 23.7 Å². The molecule has 0 aliphatic heterocycles. The average molecular weight is 457 g/mol. The summed E-state index contributed by atoms with van der Waals surface area (Å²) < 4.78 is 0. The molecule has 0 bridgehead atoms. The first-order valence-corrected chi connectivity index (χ1v) is 10.8. The molecule has 0 fully saturated rings. The number of hydrogen-bond acceptors (Lipinski definition) is 6. The summed E-state index contributed by atoms with van der Waals surface area (Å²) in [4.78, 5) is 23.8. The Morgan fingerprint density at radius 1 is 0.676 bits per heavy atom. The minimum absolute atomic E-state index is 0.127. The summed E-state index contributed by atoms with van der Waals surface area (Å²) in [5, 5.41) is 14.1. The third-order valence-corrected chi connectivity index (χ3v) is 4.68. The number of amides is 2. The lowest BCUT2D eigenvalue weighted by atomic mass is 10.2. The highest BCUT2D eigenvalue weighted by molar-refractivity contribution is 5.87. The molecule has 8 nitrogen and oxygen atoms in total. The number of carbonyl (C=O) groups excluding carboxylic acids is 2. The van der Waals surface area contributed by atoms with E-state index in [1.807, 2.05) is 86.6 Å². The van der Waals surface area contributed by atoms with Crippen LogP contribution in [0, 0.1) is 13.8 Å². The van der Waals surface area contributed by atoms with E-state index in [2.05, 4.69) is 31.7 Å². The molecule has 3 aromatic carbocycles. The van der Waals surface area contributed by atoms with E-state index in [4.69, 9.17) is 0 Å². The molecule has 8 heteroatoms. The van der Waals surface area contributed by atoms with Gasteiger partial charge in [-0.1, -0.05) is 48.5 Å². The van der Waals surface area contributed by atoms with Crippen molar-refractivity contribution in [2.24, 2.45) is 10.2 Å². The molecule has 0 atom stereocenters. The van der Waals surface area contributed by atoms with Gasteiger partial charge in [0, 0.05) is 11.4 Å². The van der Waals surface area contributed by atoms with Crippen molar-refractivity contribution in [1.29, 1.82) is 0 Å². The molecule has 0 spiro atoms. The lowest BCUT2D eigenvalue weighted by Gasteiger charge is -2.06. The molecular formula is C26H28N6O2. The van der Waals surface area contributed by atoms with Gasteiger partial charge in [-0.05, 0) is 60.4 Å². The van der Waals surface area contributed by atoms with Crippen LogP contribution in [0.25, 0.3) is 0 Å². The Morgan fingerprint density at radius 2 is 1.09 bits per heavy atom. The summed E-state index contributed by atoms with van der Waals surface area (Å²) in [6.07, 6.45) is 3.12. The van der Waals surface area contributed by atoms with E-state index in [1.54, 1.807) is 12.4 Å². The molecule has 0 aliphatic rings. The fraction of sp³-hybridized carbons (Fsp3) is 0.154. The monoisotopic (exact) mass is 456 g/mol. The maximum absolute atomic E-state index is 11.9. The molecule has 3 aromatic rings. The molecule has 34 heavy (non-hydrogen) atoms. The first kappa shape index (κ1) is 24.2. The molecule has 174 valence electrons. The Labute approximate surface area is 199 Å². The molecule has 0 radical (unpaired) electrons. The van der Waals surface area contributed by atoms with Gasteiger partial charge < -0.3 is 10.6 Å². The minimum atomic E-state index is -0.242. The van der Waals surface area contributed by atoms with E-state index in [9.17, 15) is 9.59 Å². The predicted molar refractivity (Wildman–Crippen MR) is 137 cm³/mol. The van der Waals surface area contributed by atoms with Gasteiger partial charge in [-0.2, -0.15) is 10.2 Å². The van der Waals surface area contributed by atoms with Crippen LogP contribution in [-0.2, 0) is 9.59 Å². The molecule has 0 unspecified atom stereocenters. The van der Waals surface area contributed by atoms with Crippen LogP contribution in [0.3, 0.4) is 0 Å². The number of benzene rings is 3. The van der Waals surface area contributed by atoms with Crippen molar-refractivity contribution in [2.45, 2.75) is 13.8 Å². The fourth-order valence-electron chi connectivity index (χ4n) is 2.98. The summed E-state index contributed by atoms with van der Waals surface area (Å²) in [5.74, 6) is -0.483. The summed E-state index contributed by atoms with van der Waals surface area (Å²) in [7, 11) is 0. The van der Waals surface area contributed by atoms with Gasteiger partial charge in [0.2, 0.25) is 0 Å². The highest BCUT2D eigenvalue weighted by atomic mass is 16.2. The second-order valence-corrected chi connectivity index (χ2v) is 7.70. The molecular weight excluding hydrogens is 428 g/mol. The first-order valence-electron chi connectivity index (χ1n) is 10.8. The second kappa shape index (κ2) is 12.5. The van der Waals surface area contributed by atoms with Gasteiger partial charge in [0.15, 0.2) is 0 Å². The zero-order chi connectivity index (χ0) is 24.2. The fourth-order valence-corrected chi connectivity index (χ4v) is 2.98. The predicted octanol–water partition coefficient (Wildman–Crippen LogP) is 3.43. The normalized spacial score (nSPS) is 10.9. The van der Waals surface area contributed by atoms with Gasteiger partial charge >= 0.3 is 0 Å². The largest absolute Gasteiger partial charge is 0.376 e. The van der Waals surface area contributed by atoms with Gasteiger partial charge in [0.05, 0.1) is 25.5 Å². The molecule has 2 amide bonds. The smallest absolute Gasteiger partial charge is 0.259 e. The zero-order valence-electron chi connectivity index (χ0n) is 19.2. The highest BCUT2D eigenvalue weighted by Gasteiger charge is 2.01. The number of carbonyl (C=O) groups is 2. The lowest BCUT2D eigenvalue weighted by Crippen LogP contribution is -2.25. The van der Waals surface area contributed by atoms with Crippen molar-refractivity contribution < 1.29 is 9.59 Å². The van der Waals surface area contributed by atoms with Gasteiger partial charge in [-0.3, -0.25) is 9.59 Å². The average Bonchev–Trinajstić information content (AvgIpc) is 2.83. The molecule has 0 saturated carbocycles. The summed E-state index contributed by atoms with van der Waals surface area (Å²) in [6, 6.07) is 22.9. The number of aryl methyl sites for hydroxylation is 2. The van der Waals surface area contributed by atoms with Crippen molar-refractivity contribution >= 4 is 35.6 Å². The van der Waals surface area contributed by atoms with E-state index in [0.29, 0.717) is 0 Å². The first-order chi connectivity index (χ1) is 16.5. The van der Waals surface area contributed by atoms with Gasteiger partial charge in [-0.15, -0.1) is 0 Å². The van der Waals surface area contributed by atoms with Crippen molar-refractivity contribution in [3.63, 3.8) is 0 Å². The van der Waals surface area contributed by atoms with Crippen LogP contribution in [0.15, 0.2) is 83.0 Å². The van der Waals surface area contributed by atoms with Crippen LogP contribution in [0.4, 0.5) is 11.4 Å². The number of nitrogens with zero attached hydrogens (tertiary/aromatic N) is 2. The number of hydrazone groups is 2. The number of nitrogens with one attached hydrogen (secondary N) is 4. The molecule has 0 saturated heterocycles. The molecule has 0 heterocycles. The topological polar surface area (TPSA) is 107 Å². The Morgan fingerprint density at radius 3 is 1.47 bits per heavy atom. The van der Waals surface area contributed by atoms with E-state index < -0.39 is 0 Å². The summed E-state index contributed by atoms with van der Waals surface area (Å²) in [5.41, 5.74) is 10.6. The Kier molecular flexibility index (Phi) is 8.92. The van der Waals surface area contributed by atoms with Crippen molar-refractivity contribution in [1.82, 2.24) is 10.9 Å². The Bertz CT molecular complexity index is 1080. The molecule has 4 N–H and O–H groups in total. The standard InChI is InChI=1S/C26H28N6O2/c1-19-5-3-7-23(13-19)27-17-25(33)31-29-15-21-9-11-22(12-10-21)16-30-32-26(34)18-28-24-8-4-6-20(2)14-24/h3-16,27-28H,17-18H2,1-2H3,(H,31,33)(H,32,34)/b29-15-,30-16-. The Balaban J connectivity index is 1.37. The quantitative estimate of drug-likeness (QED) is 0.277. The van der Waals surface area contributed by atoms with Crippen molar-refractivity contribution in [3.8, 4) is 0 Å². The SMILES string of the molecule is Cc1cccc(NCC(=O)N/N=C\c2ccc(/C=N\NC(=O)CNc3cccc(C)c3)cc2)c1. The maximum Gasteiger partial charge on any atom is 0.259 e. The van der Waals surface area contributed by atoms with Gasteiger partial charge in [0.1, 0.15) is 0 Å². The molecule has 0 aliphatic carbocycles. The molecule has 0 aromatic heterocycles. The third-order valence-electron chi connectivity index (χ3n) is 4.68. The minimum Gasteiger partial charge on any atom is -0.376 e. The van der Waals surface area contributed by atoms with Crippen LogP contribution in [-0.4, -0.2) is 37.3 Å². The zero-order valence-corrected chi connectivity index (χ0v) is 19.2. The van der Waals surface area contributed by atoms with E-state index >= 15 is 0 Å². The summed E-state index contributed by atoms with van der Waals surface area (Å²) >= 11 is 0. The lowest BCUT2D eigenvalue weighted by molar-refractivity contribution is -0.120. The van der Waals surface area contributed by atoms with E-state index in [-0.39, 0.29) is 24.9 Å². The number of anilines is 2. The van der Waals surface area contributed by atoms with Crippen LogP contribution in [0.1, 0.15) is 22.3 Å². The van der Waals surface area contributed by atoms with E-state index in [1.165, 1.54) is 0 Å². The van der Waals surface area contributed by atoms with E-state index in [0.717, 1.165) is 33.6 Å². The second-order valence-electron chi connectivity index (χ2n) is 7.70. The van der Waals surface area contributed by atoms with Crippen LogP contribution < -0.4 is 21.5 Å².